The molecule has 2 atom stereocenters. The van der Waals surface area contributed by atoms with Crippen LogP contribution in [0.1, 0.15) is 27.2 Å². The van der Waals surface area contributed by atoms with Gasteiger partial charge < -0.3 is 10.6 Å². The summed E-state index contributed by atoms with van der Waals surface area (Å²) in [6.45, 7) is 4.90. The monoisotopic (exact) mass is 293 g/mol. The van der Waals surface area contributed by atoms with E-state index in [1.54, 1.807) is 6.92 Å². The maximum atomic E-state index is 13.4. The van der Waals surface area contributed by atoms with Gasteiger partial charge in [-0.1, -0.05) is 6.92 Å². The summed E-state index contributed by atoms with van der Waals surface area (Å²) in [5, 5.41) is 4.68. The van der Waals surface area contributed by atoms with E-state index in [-0.39, 0.29) is 6.04 Å². The van der Waals surface area contributed by atoms with Crippen molar-refractivity contribution in [2.75, 3.05) is 5.32 Å². The Balaban J connectivity index is 2.91. The normalized spacial score (nSPS) is 13.8. The third-order valence-electron chi connectivity index (χ3n) is 2.75. The molecule has 0 fully saturated rings. The van der Waals surface area contributed by atoms with Crippen molar-refractivity contribution in [2.45, 2.75) is 39.3 Å². The zero-order chi connectivity index (χ0) is 15.4. The Morgan fingerprint density at radius 2 is 1.65 bits per heavy atom. The highest BCUT2D eigenvalue weighted by Gasteiger charge is 2.24. The highest BCUT2D eigenvalue weighted by atomic mass is 19.2. The SMILES string of the molecule is CCC(C)NC(=O)C(C)Nc1c(F)c(F)nc(F)c1F. The third kappa shape index (κ3) is 3.58. The largest absolute Gasteiger partial charge is 0.369 e. The summed E-state index contributed by atoms with van der Waals surface area (Å²) in [7, 11) is 0. The van der Waals surface area contributed by atoms with Gasteiger partial charge in [-0.2, -0.15) is 22.5 Å². The van der Waals surface area contributed by atoms with Gasteiger partial charge in [0.05, 0.1) is 0 Å². The lowest BCUT2D eigenvalue weighted by Gasteiger charge is -2.19. The molecule has 8 heteroatoms. The lowest BCUT2D eigenvalue weighted by atomic mass is 10.2. The minimum Gasteiger partial charge on any atom is -0.369 e. The van der Waals surface area contributed by atoms with E-state index in [4.69, 9.17) is 0 Å². The molecule has 0 aromatic carbocycles. The standard InChI is InChI=1S/C12H15F4N3O/c1-4-5(2)17-12(20)6(3)18-9-7(13)10(15)19-11(16)8(9)14/h5-6H,4H2,1-3H3,(H,17,20)(H,18,19). The van der Waals surface area contributed by atoms with Gasteiger partial charge in [-0.15, -0.1) is 0 Å². The van der Waals surface area contributed by atoms with Gasteiger partial charge in [-0.25, -0.2) is 0 Å². The Hall–Kier alpha value is -1.86. The van der Waals surface area contributed by atoms with Crippen LogP contribution in [0.2, 0.25) is 0 Å². The van der Waals surface area contributed by atoms with E-state index >= 15 is 0 Å². The minimum absolute atomic E-state index is 0.132. The molecule has 20 heavy (non-hydrogen) atoms. The van der Waals surface area contributed by atoms with Crippen LogP contribution in [0.25, 0.3) is 0 Å². The number of rotatable bonds is 5. The molecule has 0 aliphatic carbocycles. The van der Waals surface area contributed by atoms with Crippen molar-refractivity contribution in [3.05, 3.63) is 23.5 Å². The minimum atomic E-state index is -1.78. The first kappa shape index (κ1) is 16.2. The number of hydrogen-bond acceptors (Lipinski definition) is 3. The molecule has 0 radical (unpaired) electrons. The molecular formula is C12H15F4N3O. The van der Waals surface area contributed by atoms with Gasteiger partial charge in [0.2, 0.25) is 17.5 Å². The second-order valence-corrected chi connectivity index (χ2v) is 4.38. The summed E-state index contributed by atoms with van der Waals surface area (Å²) in [4.78, 5) is 14.1. The fraction of sp³-hybridized carbons (Fsp3) is 0.500. The summed E-state index contributed by atoms with van der Waals surface area (Å²) >= 11 is 0. The average Bonchev–Trinajstić information content (AvgIpc) is 2.40. The summed E-state index contributed by atoms with van der Waals surface area (Å²) in [6.07, 6.45) is 0.666. The first-order valence-electron chi connectivity index (χ1n) is 6.04. The topological polar surface area (TPSA) is 54.0 Å². The van der Waals surface area contributed by atoms with Crippen molar-refractivity contribution < 1.29 is 22.4 Å². The lowest BCUT2D eigenvalue weighted by molar-refractivity contribution is -0.122. The molecule has 0 bridgehead atoms. The Bertz CT molecular complexity index is 484. The summed E-state index contributed by atoms with van der Waals surface area (Å²) in [6, 6.07) is -1.21. The lowest BCUT2D eigenvalue weighted by Crippen LogP contribution is -2.42. The maximum Gasteiger partial charge on any atom is 0.253 e. The molecule has 112 valence electrons. The van der Waals surface area contributed by atoms with E-state index in [0.29, 0.717) is 6.42 Å². The number of hydrogen-bond donors (Lipinski definition) is 2. The van der Waals surface area contributed by atoms with Crippen molar-refractivity contribution in [2.24, 2.45) is 0 Å². The Morgan fingerprint density at radius 3 is 2.10 bits per heavy atom. The van der Waals surface area contributed by atoms with Crippen LogP contribution in [0.15, 0.2) is 0 Å². The average molecular weight is 293 g/mol. The fourth-order valence-corrected chi connectivity index (χ4v) is 1.37. The van der Waals surface area contributed by atoms with Gasteiger partial charge in [0.15, 0.2) is 0 Å². The van der Waals surface area contributed by atoms with E-state index < -0.39 is 41.2 Å². The van der Waals surface area contributed by atoms with E-state index in [0.717, 1.165) is 0 Å². The molecule has 2 N–H and O–H groups in total. The third-order valence-corrected chi connectivity index (χ3v) is 2.75. The van der Waals surface area contributed by atoms with Crippen LogP contribution in [0.3, 0.4) is 0 Å². The van der Waals surface area contributed by atoms with Crippen LogP contribution in [0.5, 0.6) is 0 Å². The van der Waals surface area contributed by atoms with E-state index in [9.17, 15) is 22.4 Å². The molecule has 1 rings (SSSR count). The van der Waals surface area contributed by atoms with Crippen LogP contribution < -0.4 is 10.6 Å². The molecule has 0 aliphatic rings. The fourth-order valence-electron chi connectivity index (χ4n) is 1.37. The van der Waals surface area contributed by atoms with Crippen molar-refractivity contribution >= 4 is 11.6 Å². The maximum absolute atomic E-state index is 13.4. The molecular weight excluding hydrogens is 278 g/mol. The van der Waals surface area contributed by atoms with Crippen LogP contribution in [-0.4, -0.2) is 23.0 Å². The van der Waals surface area contributed by atoms with Crippen molar-refractivity contribution in [3.8, 4) is 0 Å². The summed E-state index contributed by atoms with van der Waals surface area (Å²) < 4.78 is 52.5. The van der Waals surface area contributed by atoms with Gasteiger partial charge in [0.25, 0.3) is 11.9 Å². The number of amides is 1. The Labute approximate surface area is 113 Å². The van der Waals surface area contributed by atoms with Crippen molar-refractivity contribution in [3.63, 3.8) is 0 Å². The van der Waals surface area contributed by atoms with Gasteiger partial charge in [0.1, 0.15) is 11.7 Å². The molecule has 0 spiro atoms. The zero-order valence-corrected chi connectivity index (χ0v) is 11.2. The van der Waals surface area contributed by atoms with E-state index in [1.807, 2.05) is 6.92 Å². The highest BCUT2D eigenvalue weighted by molar-refractivity contribution is 5.84. The molecule has 1 aromatic heterocycles. The molecule has 4 nitrogen and oxygen atoms in total. The smallest absolute Gasteiger partial charge is 0.253 e. The number of halogens is 4. The molecule has 1 aromatic rings. The summed E-state index contributed by atoms with van der Waals surface area (Å²) in [5.41, 5.74) is -1.05. The van der Waals surface area contributed by atoms with E-state index in [2.05, 4.69) is 15.6 Å². The second kappa shape index (κ2) is 6.53. The quantitative estimate of drug-likeness (QED) is 0.647. The van der Waals surface area contributed by atoms with Crippen molar-refractivity contribution in [1.82, 2.24) is 10.3 Å². The molecule has 1 heterocycles. The number of carbonyl (C=O) groups excluding carboxylic acids is 1. The molecule has 1 amide bonds. The highest BCUT2D eigenvalue weighted by Crippen LogP contribution is 2.22. The van der Waals surface area contributed by atoms with Gasteiger partial charge in [0, 0.05) is 6.04 Å². The Morgan fingerprint density at radius 1 is 1.15 bits per heavy atom. The molecule has 2 unspecified atom stereocenters. The van der Waals surface area contributed by atoms with Crippen LogP contribution >= 0.6 is 0 Å². The zero-order valence-electron chi connectivity index (χ0n) is 11.2. The predicted octanol–water partition coefficient (Wildman–Crippen LogP) is 2.35. The first-order chi connectivity index (χ1) is 9.27. The van der Waals surface area contributed by atoms with Gasteiger partial charge in [-0.05, 0) is 20.3 Å². The molecule has 0 saturated heterocycles. The van der Waals surface area contributed by atoms with Gasteiger partial charge >= 0.3 is 0 Å². The molecule has 0 aliphatic heterocycles. The number of pyridine rings is 1. The number of aromatic nitrogens is 1. The number of carbonyl (C=O) groups is 1. The van der Waals surface area contributed by atoms with Crippen molar-refractivity contribution in [1.29, 1.82) is 0 Å². The first-order valence-corrected chi connectivity index (χ1v) is 6.04. The second-order valence-electron chi connectivity index (χ2n) is 4.38. The number of anilines is 1. The summed E-state index contributed by atoms with van der Waals surface area (Å²) in [5.74, 6) is -7.45. The number of nitrogens with one attached hydrogen (secondary N) is 2. The van der Waals surface area contributed by atoms with Crippen LogP contribution in [0.4, 0.5) is 23.2 Å². The number of nitrogens with zero attached hydrogens (tertiary/aromatic N) is 1. The van der Waals surface area contributed by atoms with E-state index in [1.165, 1.54) is 6.92 Å². The van der Waals surface area contributed by atoms with Crippen LogP contribution in [0, 0.1) is 23.5 Å². The predicted molar refractivity (Wildman–Crippen MR) is 65.0 cm³/mol. The Kier molecular flexibility index (Phi) is 5.29. The molecule has 0 saturated carbocycles. The van der Waals surface area contributed by atoms with Gasteiger partial charge in [-0.3, -0.25) is 4.79 Å². The van der Waals surface area contributed by atoms with Crippen LogP contribution in [-0.2, 0) is 4.79 Å².